The van der Waals surface area contributed by atoms with Crippen LogP contribution < -0.4 is 5.32 Å². The number of aryl methyl sites for hydroxylation is 1. The van der Waals surface area contributed by atoms with E-state index in [1.54, 1.807) is 4.68 Å². The zero-order valence-corrected chi connectivity index (χ0v) is 8.23. The first-order chi connectivity index (χ1) is 6.75. The summed E-state index contributed by atoms with van der Waals surface area (Å²) < 4.78 is 1.66. The molecule has 1 aromatic rings. The summed E-state index contributed by atoms with van der Waals surface area (Å²) in [5.41, 5.74) is 0.898. The van der Waals surface area contributed by atoms with Gasteiger partial charge in [-0.3, -0.25) is 9.48 Å². The van der Waals surface area contributed by atoms with Gasteiger partial charge in [-0.25, -0.2) is 0 Å². The van der Waals surface area contributed by atoms with Gasteiger partial charge in [-0.2, -0.15) is 0 Å². The van der Waals surface area contributed by atoms with Crippen LogP contribution in [0, 0.1) is 5.92 Å². The Bertz CT molecular complexity index is 333. The number of hydrogen-bond acceptors (Lipinski definition) is 3. The molecule has 1 unspecified atom stereocenters. The molecule has 1 amide bonds. The molecule has 0 aliphatic carbocycles. The average Bonchev–Trinajstić information content (AvgIpc) is 2.56. The zero-order valence-electron chi connectivity index (χ0n) is 8.23. The van der Waals surface area contributed by atoms with Gasteiger partial charge in [0, 0.05) is 32.1 Å². The third-order valence-corrected chi connectivity index (χ3v) is 2.51. The molecular weight excluding hydrogens is 180 g/mol. The Morgan fingerprint density at radius 1 is 1.71 bits per heavy atom. The van der Waals surface area contributed by atoms with Crippen molar-refractivity contribution in [3.05, 3.63) is 11.9 Å². The van der Waals surface area contributed by atoms with Crippen LogP contribution in [0.25, 0.3) is 0 Å². The topological polar surface area (TPSA) is 59.8 Å². The van der Waals surface area contributed by atoms with Gasteiger partial charge < -0.3 is 5.32 Å². The first-order valence-electron chi connectivity index (χ1n) is 4.88. The number of hydrogen-bond donors (Lipinski definition) is 1. The molecule has 1 fully saturated rings. The maximum Gasteiger partial charge on any atom is 0.223 e. The number of aromatic nitrogens is 3. The van der Waals surface area contributed by atoms with Gasteiger partial charge in [-0.15, -0.1) is 5.10 Å². The second-order valence-corrected chi connectivity index (χ2v) is 3.72. The molecule has 5 nitrogen and oxygen atoms in total. The molecule has 1 aliphatic rings. The summed E-state index contributed by atoms with van der Waals surface area (Å²) in [4.78, 5) is 11.4. The standard InChI is InChI=1S/C9H14N4O/c1-13-6-8(11-12-13)5-7-3-2-4-10-9(7)14/h6-7H,2-5H2,1H3,(H,10,14). The van der Waals surface area contributed by atoms with Gasteiger partial charge in [0.1, 0.15) is 0 Å². The molecule has 0 radical (unpaired) electrons. The van der Waals surface area contributed by atoms with Crippen molar-refractivity contribution < 1.29 is 4.79 Å². The molecule has 1 aliphatic heterocycles. The van der Waals surface area contributed by atoms with E-state index < -0.39 is 0 Å². The van der Waals surface area contributed by atoms with Crippen molar-refractivity contribution in [2.75, 3.05) is 6.54 Å². The molecule has 14 heavy (non-hydrogen) atoms. The fraction of sp³-hybridized carbons (Fsp3) is 0.667. The minimum atomic E-state index is 0.0837. The lowest BCUT2D eigenvalue weighted by atomic mass is 9.94. The maximum absolute atomic E-state index is 11.4. The summed E-state index contributed by atoms with van der Waals surface area (Å²) in [6.07, 6.45) is 4.60. The lowest BCUT2D eigenvalue weighted by Crippen LogP contribution is -2.37. The Balaban J connectivity index is 1.99. The van der Waals surface area contributed by atoms with Gasteiger partial charge in [-0.05, 0) is 12.8 Å². The van der Waals surface area contributed by atoms with E-state index in [2.05, 4.69) is 15.6 Å². The van der Waals surface area contributed by atoms with E-state index in [1.807, 2.05) is 13.2 Å². The van der Waals surface area contributed by atoms with Gasteiger partial charge in [0.2, 0.25) is 5.91 Å². The molecule has 1 atom stereocenters. The van der Waals surface area contributed by atoms with Gasteiger partial charge in [0.25, 0.3) is 0 Å². The molecule has 2 rings (SSSR count). The number of carbonyl (C=O) groups is 1. The molecule has 5 heteroatoms. The molecule has 76 valence electrons. The summed E-state index contributed by atoms with van der Waals surface area (Å²) in [6, 6.07) is 0. The SMILES string of the molecule is Cn1cc(CC2CCCNC2=O)nn1. The van der Waals surface area contributed by atoms with Crippen molar-refractivity contribution in [1.29, 1.82) is 0 Å². The van der Waals surface area contributed by atoms with Crippen molar-refractivity contribution in [3.8, 4) is 0 Å². The number of nitrogens with zero attached hydrogens (tertiary/aromatic N) is 3. The van der Waals surface area contributed by atoms with E-state index in [9.17, 15) is 4.79 Å². The summed E-state index contributed by atoms with van der Waals surface area (Å²) >= 11 is 0. The molecule has 0 bridgehead atoms. The predicted molar refractivity (Wildman–Crippen MR) is 50.4 cm³/mol. The lowest BCUT2D eigenvalue weighted by molar-refractivity contribution is -0.126. The highest BCUT2D eigenvalue weighted by molar-refractivity contribution is 5.79. The molecule has 1 aromatic heterocycles. The minimum Gasteiger partial charge on any atom is -0.356 e. The van der Waals surface area contributed by atoms with E-state index in [1.165, 1.54) is 0 Å². The van der Waals surface area contributed by atoms with E-state index in [0.717, 1.165) is 25.1 Å². The van der Waals surface area contributed by atoms with Crippen molar-refractivity contribution >= 4 is 5.91 Å². The van der Waals surface area contributed by atoms with Crippen LogP contribution in [0.4, 0.5) is 0 Å². The number of rotatable bonds is 2. The lowest BCUT2D eigenvalue weighted by Gasteiger charge is -2.20. The Kier molecular flexibility index (Phi) is 2.47. The third kappa shape index (κ3) is 1.92. The fourth-order valence-electron chi connectivity index (χ4n) is 1.77. The fourth-order valence-corrected chi connectivity index (χ4v) is 1.77. The van der Waals surface area contributed by atoms with Crippen LogP contribution in [0.15, 0.2) is 6.20 Å². The second kappa shape index (κ2) is 3.77. The van der Waals surface area contributed by atoms with Crippen molar-refractivity contribution in [3.63, 3.8) is 0 Å². The highest BCUT2D eigenvalue weighted by Crippen LogP contribution is 2.15. The third-order valence-electron chi connectivity index (χ3n) is 2.51. The number of amides is 1. The van der Waals surface area contributed by atoms with Gasteiger partial charge in [-0.1, -0.05) is 5.21 Å². The maximum atomic E-state index is 11.4. The average molecular weight is 194 g/mol. The summed E-state index contributed by atoms with van der Waals surface area (Å²) in [5, 5.41) is 10.7. The van der Waals surface area contributed by atoms with Crippen LogP contribution >= 0.6 is 0 Å². The largest absolute Gasteiger partial charge is 0.356 e. The number of nitrogens with one attached hydrogen (secondary N) is 1. The minimum absolute atomic E-state index is 0.0837. The van der Waals surface area contributed by atoms with Crippen molar-refractivity contribution in [1.82, 2.24) is 20.3 Å². The monoisotopic (exact) mass is 194 g/mol. The van der Waals surface area contributed by atoms with E-state index >= 15 is 0 Å². The molecular formula is C9H14N4O. The summed E-state index contributed by atoms with van der Waals surface area (Å²) in [5.74, 6) is 0.238. The van der Waals surface area contributed by atoms with Crippen LogP contribution in [-0.4, -0.2) is 27.4 Å². The molecule has 0 aromatic carbocycles. The van der Waals surface area contributed by atoms with Crippen LogP contribution in [0.1, 0.15) is 18.5 Å². The molecule has 0 spiro atoms. The van der Waals surface area contributed by atoms with E-state index in [-0.39, 0.29) is 11.8 Å². The number of piperidine rings is 1. The normalized spacial score (nSPS) is 22.1. The highest BCUT2D eigenvalue weighted by Gasteiger charge is 2.22. The van der Waals surface area contributed by atoms with Crippen LogP contribution in [-0.2, 0) is 18.3 Å². The van der Waals surface area contributed by atoms with Gasteiger partial charge >= 0.3 is 0 Å². The van der Waals surface area contributed by atoms with Crippen molar-refractivity contribution in [2.45, 2.75) is 19.3 Å². The number of carbonyl (C=O) groups excluding carboxylic acids is 1. The molecule has 1 saturated heterocycles. The highest BCUT2D eigenvalue weighted by atomic mass is 16.1. The Hall–Kier alpha value is -1.39. The summed E-state index contributed by atoms with van der Waals surface area (Å²) in [7, 11) is 1.83. The van der Waals surface area contributed by atoms with Gasteiger partial charge in [0.15, 0.2) is 0 Å². The van der Waals surface area contributed by atoms with E-state index in [0.29, 0.717) is 6.42 Å². The van der Waals surface area contributed by atoms with Crippen molar-refractivity contribution in [2.24, 2.45) is 13.0 Å². The smallest absolute Gasteiger partial charge is 0.223 e. The van der Waals surface area contributed by atoms with E-state index in [4.69, 9.17) is 0 Å². The summed E-state index contributed by atoms with van der Waals surface area (Å²) in [6.45, 7) is 0.815. The zero-order chi connectivity index (χ0) is 9.97. The first kappa shape index (κ1) is 9.18. The van der Waals surface area contributed by atoms with Crippen LogP contribution in [0.2, 0.25) is 0 Å². The Morgan fingerprint density at radius 2 is 2.57 bits per heavy atom. The molecule has 2 heterocycles. The first-order valence-corrected chi connectivity index (χ1v) is 4.88. The second-order valence-electron chi connectivity index (χ2n) is 3.72. The Morgan fingerprint density at radius 3 is 3.21 bits per heavy atom. The Labute approximate surface area is 82.5 Å². The van der Waals surface area contributed by atoms with Crippen LogP contribution in [0.3, 0.4) is 0 Å². The van der Waals surface area contributed by atoms with Crippen LogP contribution in [0.5, 0.6) is 0 Å². The molecule has 0 saturated carbocycles. The van der Waals surface area contributed by atoms with Gasteiger partial charge in [0.05, 0.1) is 5.69 Å². The quantitative estimate of drug-likeness (QED) is 0.714. The molecule has 1 N–H and O–H groups in total. The predicted octanol–water partition coefficient (Wildman–Crippen LogP) is -0.116.